The molecule has 1 aliphatic heterocycles. The van der Waals surface area contributed by atoms with Gasteiger partial charge in [-0.05, 0) is 42.1 Å². The zero-order chi connectivity index (χ0) is 22.7. The van der Waals surface area contributed by atoms with Gasteiger partial charge in [0.25, 0.3) is 11.1 Å². The molecule has 0 bridgehead atoms. The molecule has 3 aromatic rings. The van der Waals surface area contributed by atoms with Crippen molar-refractivity contribution in [1.82, 2.24) is 9.88 Å². The first kappa shape index (κ1) is 22.1. The SMILES string of the molecule is COCCNC(=O)Cn1cc(/C=C2\SC(=O)N(c3cccc(Cl)c3)C2=O)c2ccccc21. The van der Waals surface area contributed by atoms with Crippen LogP contribution in [0.4, 0.5) is 10.5 Å². The second kappa shape index (κ2) is 9.60. The number of methoxy groups -OCH3 is 1. The maximum atomic E-state index is 13.0. The molecule has 4 rings (SSSR count). The van der Waals surface area contributed by atoms with E-state index in [9.17, 15) is 14.4 Å². The fourth-order valence-corrected chi connectivity index (χ4v) is 4.49. The average Bonchev–Trinajstić information content (AvgIpc) is 3.25. The molecule has 7 nitrogen and oxygen atoms in total. The van der Waals surface area contributed by atoms with Gasteiger partial charge in [-0.2, -0.15) is 0 Å². The topological polar surface area (TPSA) is 80.6 Å². The Balaban J connectivity index is 1.63. The molecular weight excluding hydrogens is 450 g/mol. The minimum absolute atomic E-state index is 0.127. The van der Waals surface area contributed by atoms with Gasteiger partial charge in [-0.3, -0.25) is 14.4 Å². The van der Waals surface area contributed by atoms with Crippen LogP contribution >= 0.6 is 23.4 Å². The first-order chi connectivity index (χ1) is 15.5. The van der Waals surface area contributed by atoms with Gasteiger partial charge in [-0.15, -0.1) is 0 Å². The zero-order valence-corrected chi connectivity index (χ0v) is 18.8. The molecule has 1 N–H and O–H groups in total. The zero-order valence-electron chi connectivity index (χ0n) is 17.2. The van der Waals surface area contributed by atoms with E-state index in [1.54, 1.807) is 37.5 Å². The largest absolute Gasteiger partial charge is 0.383 e. The van der Waals surface area contributed by atoms with E-state index in [4.69, 9.17) is 16.3 Å². The van der Waals surface area contributed by atoms with Gasteiger partial charge in [0, 0.05) is 41.3 Å². The number of hydrogen-bond acceptors (Lipinski definition) is 5. The standard InChI is InChI=1S/C23H20ClN3O4S/c1-31-10-9-25-21(28)14-26-13-15(18-7-2-3-8-19(18)26)11-20-22(29)27(23(30)32-20)17-6-4-5-16(24)12-17/h2-8,11-13H,9-10,14H2,1H3,(H,25,28)/b20-11-. The summed E-state index contributed by atoms with van der Waals surface area (Å²) in [6.07, 6.45) is 3.50. The highest BCUT2D eigenvalue weighted by molar-refractivity contribution is 8.19. The van der Waals surface area contributed by atoms with E-state index in [-0.39, 0.29) is 17.7 Å². The third kappa shape index (κ3) is 4.57. The highest BCUT2D eigenvalue weighted by Crippen LogP contribution is 2.37. The summed E-state index contributed by atoms with van der Waals surface area (Å²) in [6.45, 7) is 0.992. The number of carbonyl (C=O) groups is 3. The normalized spacial score (nSPS) is 15.2. The predicted molar refractivity (Wildman–Crippen MR) is 127 cm³/mol. The van der Waals surface area contributed by atoms with Crippen LogP contribution in [-0.2, 0) is 20.9 Å². The number of hydrogen-bond donors (Lipinski definition) is 1. The number of anilines is 1. The number of ether oxygens (including phenoxy) is 1. The Kier molecular flexibility index (Phi) is 6.64. The van der Waals surface area contributed by atoms with E-state index in [0.29, 0.717) is 28.8 Å². The molecule has 2 heterocycles. The molecular formula is C23H20ClN3O4S. The Hall–Kier alpha value is -3.07. The van der Waals surface area contributed by atoms with Crippen LogP contribution in [0.1, 0.15) is 5.56 Å². The number of nitrogens with zero attached hydrogens (tertiary/aromatic N) is 2. The van der Waals surface area contributed by atoms with Crippen molar-refractivity contribution in [2.24, 2.45) is 0 Å². The number of imide groups is 1. The van der Waals surface area contributed by atoms with Crippen molar-refractivity contribution in [3.8, 4) is 0 Å². The summed E-state index contributed by atoms with van der Waals surface area (Å²) >= 11 is 6.90. The van der Waals surface area contributed by atoms with E-state index in [1.807, 2.05) is 35.0 Å². The van der Waals surface area contributed by atoms with Crippen LogP contribution in [0.25, 0.3) is 17.0 Å². The number of nitrogens with one attached hydrogen (secondary N) is 1. The predicted octanol–water partition coefficient (Wildman–Crippen LogP) is 4.30. The van der Waals surface area contributed by atoms with Gasteiger partial charge < -0.3 is 14.6 Å². The molecule has 0 radical (unpaired) electrons. The maximum absolute atomic E-state index is 13.0. The summed E-state index contributed by atoms with van der Waals surface area (Å²) in [5.41, 5.74) is 2.04. The number of thioether (sulfide) groups is 1. The number of rotatable bonds is 7. The first-order valence-corrected chi connectivity index (χ1v) is 11.0. The van der Waals surface area contributed by atoms with E-state index < -0.39 is 5.91 Å². The fraction of sp³-hybridized carbons (Fsp3) is 0.174. The number of amides is 3. The fourth-order valence-electron chi connectivity index (χ4n) is 3.47. The molecule has 1 fully saturated rings. The molecule has 0 aliphatic carbocycles. The van der Waals surface area contributed by atoms with Crippen LogP contribution in [0, 0.1) is 0 Å². The van der Waals surface area contributed by atoms with E-state index >= 15 is 0 Å². The second-order valence-electron chi connectivity index (χ2n) is 7.07. The Bertz CT molecular complexity index is 1240. The molecule has 9 heteroatoms. The lowest BCUT2D eigenvalue weighted by atomic mass is 10.1. The molecule has 3 amide bonds. The molecule has 2 aromatic carbocycles. The summed E-state index contributed by atoms with van der Waals surface area (Å²) < 4.78 is 6.78. The van der Waals surface area contributed by atoms with Gasteiger partial charge in [0.1, 0.15) is 6.54 Å². The number of aromatic nitrogens is 1. The van der Waals surface area contributed by atoms with E-state index in [2.05, 4.69) is 5.32 Å². The lowest BCUT2D eigenvalue weighted by Crippen LogP contribution is -2.30. The van der Waals surface area contributed by atoms with Gasteiger partial charge in [0.15, 0.2) is 0 Å². The molecule has 0 spiro atoms. The van der Waals surface area contributed by atoms with E-state index in [0.717, 1.165) is 33.1 Å². The molecule has 0 saturated carbocycles. The summed E-state index contributed by atoms with van der Waals surface area (Å²) in [4.78, 5) is 39.2. The highest BCUT2D eigenvalue weighted by Gasteiger charge is 2.36. The minimum Gasteiger partial charge on any atom is -0.383 e. The Morgan fingerprint density at radius 2 is 2.00 bits per heavy atom. The Morgan fingerprint density at radius 1 is 1.19 bits per heavy atom. The second-order valence-corrected chi connectivity index (χ2v) is 8.50. The van der Waals surface area contributed by atoms with Crippen LogP contribution in [0.3, 0.4) is 0 Å². The first-order valence-electron chi connectivity index (χ1n) is 9.85. The average molecular weight is 470 g/mol. The summed E-state index contributed by atoms with van der Waals surface area (Å²) in [5, 5.41) is 3.74. The quantitative estimate of drug-likeness (QED) is 0.412. The number of fused-ring (bicyclic) bond motifs is 1. The summed E-state index contributed by atoms with van der Waals surface area (Å²) in [5.74, 6) is -0.549. The molecule has 0 atom stereocenters. The highest BCUT2D eigenvalue weighted by atomic mass is 35.5. The maximum Gasteiger partial charge on any atom is 0.298 e. The van der Waals surface area contributed by atoms with Crippen molar-refractivity contribution >= 4 is 63.1 Å². The van der Waals surface area contributed by atoms with E-state index in [1.165, 1.54) is 0 Å². The van der Waals surface area contributed by atoms with Crippen molar-refractivity contribution in [1.29, 1.82) is 0 Å². The minimum atomic E-state index is -0.406. The van der Waals surface area contributed by atoms with Crippen LogP contribution < -0.4 is 10.2 Å². The smallest absolute Gasteiger partial charge is 0.298 e. The van der Waals surface area contributed by atoms with Crippen LogP contribution in [0.15, 0.2) is 59.6 Å². The van der Waals surface area contributed by atoms with Gasteiger partial charge >= 0.3 is 0 Å². The molecule has 1 aliphatic rings. The van der Waals surface area contributed by atoms with Crippen molar-refractivity contribution < 1.29 is 19.1 Å². The summed E-state index contributed by atoms with van der Waals surface area (Å²) in [6, 6.07) is 14.2. The summed E-state index contributed by atoms with van der Waals surface area (Å²) in [7, 11) is 1.58. The van der Waals surface area contributed by atoms with Gasteiger partial charge in [-0.1, -0.05) is 35.9 Å². The van der Waals surface area contributed by atoms with Crippen LogP contribution in [0.5, 0.6) is 0 Å². The monoisotopic (exact) mass is 469 g/mol. The van der Waals surface area contributed by atoms with Gasteiger partial charge in [0.2, 0.25) is 5.91 Å². The third-order valence-electron chi connectivity index (χ3n) is 4.91. The number of halogens is 1. The third-order valence-corrected chi connectivity index (χ3v) is 6.01. The molecule has 164 valence electrons. The van der Waals surface area contributed by atoms with Crippen LogP contribution in [-0.4, -0.2) is 41.9 Å². The lowest BCUT2D eigenvalue weighted by Gasteiger charge is -2.12. The number of benzene rings is 2. The van der Waals surface area contributed by atoms with Crippen molar-refractivity contribution in [2.75, 3.05) is 25.2 Å². The van der Waals surface area contributed by atoms with Gasteiger partial charge in [-0.25, -0.2) is 4.90 Å². The number of para-hydroxylation sites is 1. The van der Waals surface area contributed by atoms with Crippen LogP contribution in [0.2, 0.25) is 5.02 Å². The van der Waals surface area contributed by atoms with Crippen molar-refractivity contribution in [2.45, 2.75) is 6.54 Å². The van der Waals surface area contributed by atoms with Crippen molar-refractivity contribution in [3.05, 3.63) is 70.2 Å². The molecule has 1 saturated heterocycles. The molecule has 1 aromatic heterocycles. The molecule has 32 heavy (non-hydrogen) atoms. The lowest BCUT2D eigenvalue weighted by molar-refractivity contribution is -0.121. The number of carbonyl (C=O) groups excluding carboxylic acids is 3. The van der Waals surface area contributed by atoms with Gasteiger partial charge in [0.05, 0.1) is 17.2 Å². The Labute approximate surface area is 194 Å². The Morgan fingerprint density at radius 3 is 2.78 bits per heavy atom. The molecule has 0 unspecified atom stereocenters. The van der Waals surface area contributed by atoms with Crippen molar-refractivity contribution in [3.63, 3.8) is 0 Å².